The number of ether oxygens (including phenoxy) is 4. The largest absolute Gasteiger partial charge is 0.493 e. The van der Waals surface area contributed by atoms with Crippen LogP contribution >= 0.6 is 0 Å². The Morgan fingerprint density at radius 2 is 1.23 bits per heavy atom. The normalized spacial score (nSPS) is 25.7. The van der Waals surface area contributed by atoms with Crippen LogP contribution in [-0.4, -0.2) is 51.2 Å². The summed E-state index contributed by atoms with van der Waals surface area (Å²) in [6, 6.07) is 32.9. The SMILES string of the molecule is COc1cc2c(cc1OCc1cccc(COc3cc4c(cc3OC)C(=O)N3c5ccccc5C[C@H]3C35CCC4(C3)NC5)c1)NCC1(CCC1)[C@@H]1Cc3ccccc3N1C2=O. The molecule has 5 aromatic rings. The van der Waals surface area contributed by atoms with Gasteiger partial charge in [-0.3, -0.25) is 9.59 Å². The molecule has 2 bridgehead atoms. The number of methoxy groups -OCH3 is 2. The van der Waals surface area contributed by atoms with Gasteiger partial charge in [-0.15, -0.1) is 0 Å². The molecule has 5 heterocycles. The van der Waals surface area contributed by atoms with Crippen LogP contribution in [0.5, 0.6) is 23.0 Å². The molecule has 5 aromatic carbocycles. The van der Waals surface area contributed by atoms with Crippen LogP contribution in [0.15, 0.2) is 97.1 Å². The Morgan fingerprint density at radius 1 is 0.623 bits per heavy atom. The van der Waals surface area contributed by atoms with Gasteiger partial charge < -0.3 is 39.4 Å². The standard InChI is InChI=1S/C51H50N4O6/c1-58-41-22-35-37(51-18-17-50(28-51,30-53-51)46-21-34-12-4-6-14-40(34)55(46)47(35)56)24-43(41)60-26-31-9-7-10-32(19-31)27-61-44-25-38-36(23-42(44)59-2)48(57)54-39-13-5-3-11-33(39)20-45(54)49(29-52-38)15-8-16-49/h3-7,9-14,19,22-25,45-46,52-53H,8,15-18,20-21,26-30H2,1-2H3/t45-,46-,50?,51?/m0/s1. The number of carbonyl (C=O) groups excluding carboxylic acids is 2. The lowest BCUT2D eigenvalue weighted by molar-refractivity contribution is 0.0821. The van der Waals surface area contributed by atoms with Crippen LogP contribution < -0.4 is 39.4 Å². The zero-order valence-electron chi connectivity index (χ0n) is 34.7. The van der Waals surface area contributed by atoms with Crippen LogP contribution in [0.25, 0.3) is 0 Å². The molecular formula is C51H50N4O6. The monoisotopic (exact) mass is 814 g/mol. The number of amides is 2. The second-order valence-corrected chi connectivity index (χ2v) is 18.6. The number of benzene rings is 5. The molecule has 12 rings (SSSR count). The molecule has 3 fully saturated rings. The van der Waals surface area contributed by atoms with E-state index >= 15 is 0 Å². The van der Waals surface area contributed by atoms with Crippen molar-refractivity contribution in [3.05, 3.63) is 136 Å². The van der Waals surface area contributed by atoms with Gasteiger partial charge in [-0.25, -0.2) is 0 Å². The smallest absolute Gasteiger partial charge is 0.260 e. The van der Waals surface area contributed by atoms with Gasteiger partial charge in [0.2, 0.25) is 0 Å². The van der Waals surface area contributed by atoms with E-state index in [-0.39, 0.29) is 40.3 Å². The number of nitrogens with one attached hydrogen (secondary N) is 2. The predicted molar refractivity (Wildman–Crippen MR) is 233 cm³/mol. The second kappa shape index (κ2) is 13.5. The first-order valence-corrected chi connectivity index (χ1v) is 21.9. The summed E-state index contributed by atoms with van der Waals surface area (Å²) in [4.78, 5) is 33.3. The third-order valence-corrected chi connectivity index (χ3v) is 15.6. The van der Waals surface area contributed by atoms with Crippen LogP contribution in [0.2, 0.25) is 0 Å². The summed E-state index contributed by atoms with van der Waals surface area (Å²) in [6.07, 6.45) is 8.23. The minimum absolute atomic E-state index is 0.00398. The number of carbonyl (C=O) groups is 2. The van der Waals surface area contributed by atoms with Crippen LogP contribution in [-0.2, 0) is 31.6 Å². The van der Waals surface area contributed by atoms with E-state index in [1.165, 1.54) is 17.5 Å². The number of hydrogen-bond donors (Lipinski definition) is 2. The van der Waals surface area contributed by atoms with Crippen molar-refractivity contribution in [2.45, 2.75) is 82.2 Å². The van der Waals surface area contributed by atoms with Crippen molar-refractivity contribution >= 4 is 28.9 Å². The summed E-state index contributed by atoms with van der Waals surface area (Å²) >= 11 is 0. The molecule has 4 atom stereocenters. The van der Waals surface area contributed by atoms with Crippen molar-refractivity contribution in [3.63, 3.8) is 0 Å². The van der Waals surface area contributed by atoms with Crippen molar-refractivity contribution in [3.8, 4) is 23.0 Å². The molecule has 2 aliphatic carbocycles. The fraction of sp³-hybridized carbons (Fsp3) is 0.373. The first-order valence-electron chi connectivity index (χ1n) is 21.9. The Labute approximate surface area is 356 Å². The van der Waals surface area contributed by atoms with Gasteiger partial charge in [-0.2, -0.15) is 0 Å². The number of hydrogen-bond acceptors (Lipinski definition) is 8. The molecular weight excluding hydrogens is 765 g/mol. The van der Waals surface area contributed by atoms with Crippen molar-refractivity contribution < 1.29 is 28.5 Å². The van der Waals surface area contributed by atoms with E-state index in [1.807, 2.05) is 48.5 Å². The summed E-state index contributed by atoms with van der Waals surface area (Å²) < 4.78 is 24.9. The highest BCUT2D eigenvalue weighted by atomic mass is 16.5. The highest BCUT2D eigenvalue weighted by Gasteiger charge is 2.63. The van der Waals surface area contributed by atoms with E-state index in [0.717, 1.165) is 91.8 Å². The molecule has 1 saturated heterocycles. The summed E-state index contributed by atoms with van der Waals surface area (Å²) in [5.74, 6) is 2.29. The second-order valence-electron chi connectivity index (χ2n) is 18.6. The molecule has 1 spiro atoms. The van der Waals surface area contributed by atoms with Crippen LogP contribution in [0.4, 0.5) is 17.1 Å². The lowest BCUT2D eigenvalue weighted by atomic mass is 9.62. The molecule has 61 heavy (non-hydrogen) atoms. The van der Waals surface area contributed by atoms with Gasteiger partial charge in [-0.05, 0) is 109 Å². The lowest BCUT2D eigenvalue weighted by Gasteiger charge is -2.51. The Morgan fingerprint density at radius 3 is 1.84 bits per heavy atom. The number of rotatable bonds is 8. The number of para-hydroxylation sites is 2. The number of fused-ring (bicyclic) bond motifs is 9. The average Bonchev–Trinajstić information content (AvgIpc) is 4.07. The summed E-state index contributed by atoms with van der Waals surface area (Å²) in [7, 11) is 3.25. The van der Waals surface area contributed by atoms with Crippen molar-refractivity contribution in [1.82, 2.24) is 5.32 Å². The molecule has 7 aliphatic rings. The highest BCUT2D eigenvalue weighted by molar-refractivity contribution is 6.12. The maximum atomic E-state index is 14.7. The average molecular weight is 815 g/mol. The number of anilines is 3. The third-order valence-electron chi connectivity index (χ3n) is 15.6. The lowest BCUT2D eigenvalue weighted by Crippen LogP contribution is -2.56. The molecule has 10 heteroatoms. The Balaban J connectivity index is 0.798. The molecule has 5 aliphatic heterocycles. The van der Waals surface area contributed by atoms with E-state index in [4.69, 9.17) is 18.9 Å². The van der Waals surface area contributed by atoms with Crippen molar-refractivity contribution in [2.24, 2.45) is 10.8 Å². The molecule has 0 aromatic heterocycles. The predicted octanol–water partition coefficient (Wildman–Crippen LogP) is 8.58. The van der Waals surface area contributed by atoms with Gasteiger partial charge in [0.05, 0.1) is 25.5 Å². The van der Waals surface area contributed by atoms with E-state index in [2.05, 4.69) is 69.0 Å². The quantitative estimate of drug-likeness (QED) is 0.161. The molecule has 2 N–H and O–H groups in total. The summed E-state index contributed by atoms with van der Waals surface area (Å²) in [5.41, 5.74) is 9.34. The van der Waals surface area contributed by atoms with Crippen LogP contribution in [0, 0.1) is 10.8 Å². The van der Waals surface area contributed by atoms with Crippen LogP contribution in [0.3, 0.4) is 0 Å². The zero-order chi connectivity index (χ0) is 41.1. The minimum atomic E-state index is -0.271. The third kappa shape index (κ3) is 5.43. The molecule has 2 unspecified atom stereocenters. The van der Waals surface area contributed by atoms with Gasteiger partial charge in [0, 0.05) is 64.5 Å². The minimum Gasteiger partial charge on any atom is -0.493 e. The van der Waals surface area contributed by atoms with Gasteiger partial charge in [0.25, 0.3) is 11.8 Å². The maximum Gasteiger partial charge on any atom is 0.260 e. The Hall–Kier alpha value is -6.00. The first-order chi connectivity index (χ1) is 29.8. The van der Waals surface area contributed by atoms with Gasteiger partial charge >= 0.3 is 0 Å². The van der Waals surface area contributed by atoms with Crippen LogP contribution in [0.1, 0.15) is 87.1 Å². The Bertz CT molecular complexity index is 2650. The highest BCUT2D eigenvalue weighted by Crippen LogP contribution is 2.62. The number of piperidine rings is 1. The van der Waals surface area contributed by atoms with E-state index in [0.29, 0.717) is 47.3 Å². The zero-order valence-corrected chi connectivity index (χ0v) is 34.7. The molecule has 0 radical (unpaired) electrons. The maximum absolute atomic E-state index is 14.7. The first kappa shape index (κ1) is 36.8. The molecule has 2 saturated carbocycles. The fourth-order valence-corrected chi connectivity index (χ4v) is 12.4. The molecule has 10 nitrogen and oxygen atoms in total. The van der Waals surface area contributed by atoms with Gasteiger partial charge in [0.1, 0.15) is 13.2 Å². The van der Waals surface area contributed by atoms with Gasteiger partial charge in [-0.1, -0.05) is 61.0 Å². The number of nitrogens with zero attached hydrogens (tertiary/aromatic N) is 2. The Kier molecular flexibility index (Phi) is 8.15. The van der Waals surface area contributed by atoms with E-state index in [1.54, 1.807) is 14.2 Å². The summed E-state index contributed by atoms with van der Waals surface area (Å²) in [5, 5.41) is 7.62. The topological polar surface area (TPSA) is 102 Å². The fourth-order valence-electron chi connectivity index (χ4n) is 12.4. The van der Waals surface area contributed by atoms with Crippen molar-refractivity contribution in [2.75, 3.05) is 42.4 Å². The molecule has 2 amide bonds. The van der Waals surface area contributed by atoms with E-state index < -0.39 is 0 Å². The van der Waals surface area contributed by atoms with Gasteiger partial charge in [0.15, 0.2) is 23.0 Å². The molecule has 310 valence electrons. The summed E-state index contributed by atoms with van der Waals surface area (Å²) in [6.45, 7) is 2.29. The van der Waals surface area contributed by atoms with E-state index in [9.17, 15) is 9.59 Å². The van der Waals surface area contributed by atoms with Crippen molar-refractivity contribution in [1.29, 1.82) is 0 Å².